The summed E-state index contributed by atoms with van der Waals surface area (Å²) in [5.74, 6) is 0.864. The molecule has 0 aromatic carbocycles. The molecule has 1 fully saturated rings. The molecule has 120 valence electrons. The number of unbranched alkanes of at least 4 members (excludes halogenated alkanes) is 1. The summed E-state index contributed by atoms with van der Waals surface area (Å²) in [5, 5.41) is 3.77. The normalized spacial score (nSPS) is 25.6. The van der Waals surface area contributed by atoms with E-state index >= 15 is 0 Å². The molecule has 20 heavy (non-hydrogen) atoms. The van der Waals surface area contributed by atoms with Crippen molar-refractivity contribution in [3.05, 3.63) is 0 Å². The Labute approximate surface area is 127 Å². The second-order valence-electron chi connectivity index (χ2n) is 6.67. The highest BCUT2D eigenvalue weighted by Crippen LogP contribution is 2.25. The molecule has 0 bridgehead atoms. The molecule has 0 heterocycles. The summed E-state index contributed by atoms with van der Waals surface area (Å²) in [6.45, 7) is 13.0. The van der Waals surface area contributed by atoms with E-state index in [1.54, 1.807) is 0 Å². The van der Waals surface area contributed by atoms with E-state index in [0.29, 0.717) is 0 Å². The van der Waals surface area contributed by atoms with Crippen LogP contribution in [0.25, 0.3) is 0 Å². The molecule has 0 aromatic rings. The lowest BCUT2D eigenvalue weighted by Crippen LogP contribution is -2.44. The number of hydrogen-bond acceptors (Lipinski definition) is 2. The van der Waals surface area contributed by atoms with E-state index in [2.05, 4.69) is 37.9 Å². The van der Waals surface area contributed by atoms with Gasteiger partial charge < -0.3 is 10.2 Å². The molecular weight excluding hydrogens is 244 g/mol. The molecule has 0 amide bonds. The van der Waals surface area contributed by atoms with Crippen molar-refractivity contribution in [2.75, 3.05) is 19.6 Å². The standard InChI is InChI=1S/C18H38N2/c1-5-8-14-20(16(4)6-2)15-17-12-10-9-11-13-18(17)19-7-3/h16-19H,5-15H2,1-4H3. The third-order valence-electron chi connectivity index (χ3n) is 5.11. The highest BCUT2D eigenvalue weighted by molar-refractivity contribution is 4.83. The summed E-state index contributed by atoms with van der Waals surface area (Å²) in [7, 11) is 0. The maximum atomic E-state index is 3.77. The van der Waals surface area contributed by atoms with E-state index in [-0.39, 0.29) is 0 Å². The Hall–Kier alpha value is -0.0800. The molecule has 0 spiro atoms. The molecule has 2 nitrogen and oxygen atoms in total. The SMILES string of the molecule is CCCCN(CC1CCCCCC1NCC)C(C)CC. The van der Waals surface area contributed by atoms with Gasteiger partial charge in [0.2, 0.25) is 0 Å². The van der Waals surface area contributed by atoms with Gasteiger partial charge in [0.25, 0.3) is 0 Å². The van der Waals surface area contributed by atoms with Crippen LogP contribution in [0.5, 0.6) is 0 Å². The summed E-state index contributed by atoms with van der Waals surface area (Å²) in [5.41, 5.74) is 0. The molecule has 0 radical (unpaired) electrons. The average Bonchev–Trinajstić information content (AvgIpc) is 2.68. The fourth-order valence-electron chi connectivity index (χ4n) is 3.55. The van der Waals surface area contributed by atoms with E-state index in [1.165, 1.54) is 64.5 Å². The van der Waals surface area contributed by atoms with Crippen LogP contribution in [0.1, 0.15) is 79.1 Å². The van der Waals surface area contributed by atoms with Gasteiger partial charge in [0.15, 0.2) is 0 Å². The first-order valence-corrected chi connectivity index (χ1v) is 9.20. The van der Waals surface area contributed by atoms with Gasteiger partial charge in [-0.15, -0.1) is 0 Å². The molecule has 1 saturated carbocycles. The van der Waals surface area contributed by atoms with Crippen molar-refractivity contribution in [1.82, 2.24) is 10.2 Å². The zero-order chi connectivity index (χ0) is 14.8. The van der Waals surface area contributed by atoms with Crippen molar-refractivity contribution >= 4 is 0 Å². The van der Waals surface area contributed by atoms with Gasteiger partial charge in [-0.25, -0.2) is 0 Å². The van der Waals surface area contributed by atoms with Gasteiger partial charge in [0.1, 0.15) is 0 Å². The minimum Gasteiger partial charge on any atom is -0.314 e. The Morgan fingerprint density at radius 1 is 1.10 bits per heavy atom. The molecule has 0 aliphatic heterocycles. The molecule has 2 heteroatoms. The van der Waals surface area contributed by atoms with Crippen molar-refractivity contribution in [3.8, 4) is 0 Å². The maximum absolute atomic E-state index is 3.77. The number of nitrogens with one attached hydrogen (secondary N) is 1. The predicted octanol–water partition coefficient (Wildman–Crippen LogP) is 4.45. The van der Waals surface area contributed by atoms with Crippen molar-refractivity contribution in [2.45, 2.75) is 91.1 Å². The number of hydrogen-bond donors (Lipinski definition) is 1. The minimum atomic E-state index is 0.743. The molecule has 1 rings (SSSR count). The lowest BCUT2D eigenvalue weighted by Gasteiger charge is -2.35. The van der Waals surface area contributed by atoms with Crippen LogP contribution < -0.4 is 5.32 Å². The summed E-state index contributed by atoms with van der Waals surface area (Å²) >= 11 is 0. The molecule has 0 saturated heterocycles. The molecule has 1 aliphatic rings. The first-order chi connectivity index (χ1) is 9.72. The van der Waals surface area contributed by atoms with Crippen LogP contribution in [0.2, 0.25) is 0 Å². The van der Waals surface area contributed by atoms with Gasteiger partial charge in [-0.3, -0.25) is 0 Å². The Kier molecular flexibility index (Phi) is 9.54. The van der Waals surface area contributed by atoms with Crippen LogP contribution in [-0.4, -0.2) is 36.6 Å². The molecule has 0 aromatic heterocycles. The van der Waals surface area contributed by atoms with Crippen LogP contribution in [0.15, 0.2) is 0 Å². The Morgan fingerprint density at radius 2 is 1.85 bits per heavy atom. The molecular formula is C18H38N2. The summed E-state index contributed by atoms with van der Waals surface area (Å²) in [6, 6.07) is 1.50. The number of nitrogens with zero attached hydrogens (tertiary/aromatic N) is 1. The molecule has 3 atom stereocenters. The van der Waals surface area contributed by atoms with E-state index in [0.717, 1.165) is 24.5 Å². The fourth-order valence-corrected chi connectivity index (χ4v) is 3.55. The Balaban J connectivity index is 2.60. The molecule has 1 aliphatic carbocycles. The topological polar surface area (TPSA) is 15.3 Å². The predicted molar refractivity (Wildman–Crippen MR) is 90.3 cm³/mol. The average molecular weight is 283 g/mol. The molecule has 1 N–H and O–H groups in total. The minimum absolute atomic E-state index is 0.743. The lowest BCUT2D eigenvalue weighted by molar-refractivity contribution is 0.148. The third kappa shape index (κ3) is 6.13. The quantitative estimate of drug-likeness (QED) is 0.629. The van der Waals surface area contributed by atoms with E-state index in [4.69, 9.17) is 0 Å². The van der Waals surface area contributed by atoms with Gasteiger partial charge in [-0.2, -0.15) is 0 Å². The van der Waals surface area contributed by atoms with Gasteiger partial charge in [-0.05, 0) is 51.6 Å². The van der Waals surface area contributed by atoms with Gasteiger partial charge >= 0.3 is 0 Å². The van der Waals surface area contributed by atoms with Crippen molar-refractivity contribution < 1.29 is 0 Å². The summed E-state index contributed by atoms with van der Waals surface area (Å²) in [4.78, 5) is 2.77. The van der Waals surface area contributed by atoms with Crippen LogP contribution in [-0.2, 0) is 0 Å². The van der Waals surface area contributed by atoms with Crippen LogP contribution in [0.3, 0.4) is 0 Å². The van der Waals surface area contributed by atoms with Crippen LogP contribution in [0, 0.1) is 5.92 Å². The second-order valence-corrected chi connectivity index (χ2v) is 6.67. The highest BCUT2D eigenvalue weighted by Gasteiger charge is 2.26. The Bertz CT molecular complexity index is 229. The van der Waals surface area contributed by atoms with E-state index in [9.17, 15) is 0 Å². The summed E-state index contributed by atoms with van der Waals surface area (Å²) in [6.07, 6.45) is 11.1. The Morgan fingerprint density at radius 3 is 2.50 bits per heavy atom. The van der Waals surface area contributed by atoms with Crippen molar-refractivity contribution in [2.24, 2.45) is 5.92 Å². The fraction of sp³-hybridized carbons (Fsp3) is 1.00. The van der Waals surface area contributed by atoms with Gasteiger partial charge in [0, 0.05) is 18.6 Å². The maximum Gasteiger partial charge on any atom is 0.0107 e. The first-order valence-electron chi connectivity index (χ1n) is 9.20. The van der Waals surface area contributed by atoms with E-state index in [1.807, 2.05) is 0 Å². The number of rotatable bonds is 9. The van der Waals surface area contributed by atoms with Gasteiger partial charge in [0.05, 0.1) is 0 Å². The van der Waals surface area contributed by atoms with E-state index < -0.39 is 0 Å². The molecule has 3 unspecified atom stereocenters. The first kappa shape index (κ1) is 18.0. The zero-order valence-electron chi connectivity index (χ0n) is 14.5. The smallest absolute Gasteiger partial charge is 0.0107 e. The summed E-state index contributed by atoms with van der Waals surface area (Å²) < 4.78 is 0. The third-order valence-corrected chi connectivity index (χ3v) is 5.11. The lowest BCUT2D eigenvalue weighted by atomic mass is 9.93. The van der Waals surface area contributed by atoms with Crippen molar-refractivity contribution in [3.63, 3.8) is 0 Å². The largest absolute Gasteiger partial charge is 0.314 e. The second kappa shape index (κ2) is 10.6. The van der Waals surface area contributed by atoms with Crippen molar-refractivity contribution in [1.29, 1.82) is 0 Å². The van der Waals surface area contributed by atoms with Crippen LogP contribution in [0.4, 0.5) is 0 Å². The monoisotopic (exact) mass is 282 g/mol. The highest BCUT2D eigenvalue weighted by atomic mass is 15.2. The zero-order valence-corrected chi connectivity index (χ0v) is 14.5. The van der Waals surface area contributed by atoms with Gasteiger partial charge in [-0.1, -0.05) is 46.5 Å². The van der Waals surface area contributed by atoms with Crippen LogP contribution >= 0.6 is 0 Å².